The van der Waals surface area contributed by atoms with Crippen molar-refractivity contribution in [1.82, 2.24) is 9.97 Å². The monoisotopic (exact) mass is 299 g/mol. The Morgan fingerprint density at radius 1 is 1.26 bits per heavy atom. The zero-order valence-electron chi connectivity index (χ0n) is 10.5. The molecular formula is C13H12Cl2FN3. The molecule has 3 nitrogen and oxygen atoms in total. The van der Waals surface area contributed by atoms with Crippen molar-refractivity contribution in [3.63, 3.8) is 0 Å². The second kappa shape index (κ2) is 5.72. The van der Waals surface area contributed by atoms with E-state index in [0.29, 0.717) is 28.9 Å². The first kappa shape index (κ1) is 14.0. The number of benzene rings is 1. The lowest BCUT2D eigenvalue weighted by molar-refractivity contribution is 0.628. The summed E-state index contributed by atoms with van der Waals surface area (Å²) in [5.41, 5.74) is 1.38. The zero-order chi connectivity index (χ0) is 14.0. The molecule has 2 rings (SSSR count). The molecule has 0 aliphatic rings. The summed E-state index contributed by atoms with van der Waals surface area (Å²) in [6.45, 7) is 3.76. The first-order chi connectivity index (χ1) is 9.01. The van der Waals surface area contributed by atoms with Crippen LogP contribution in [0.4, 0.5) is 15.9 Å². The molecule has 0 saturated carbocycles. The highest BCUT2D eigenvalue weighted by molar-refractivity contribution is 6.31. The van der Waals surface area contributed by atoms with Gasteiger partial charge in [-0.1, -0.05) is 30.1 Å². The third-order valence-electron chi connectivity index (χ3n) is 2.63. The Labute approximate surface area is 120 Å². The van der Waals surface area contributed by atoms with Crippen LogP contribution in [-0.2, 0) is 6.42 Å². The van der Waals surface area contributed by atoms with Gasteiger partial charge in [-0.25, -0.2) is 14.4 Å². The minimum Gasteiger partial charge on any atom is -0.340 e. The second-order valence-electron chi connectivity index (χ2n) is 4.01. The third kappa shape index (κ3) is 3.14. The van der Waals surface area contributed by atoms with Crippen LogP contribution < -0.4 is 5.32 Å². The van der Waals surface area contributed by atoms with Gasteiger partial charge in [0.1, 0.15) is 22.6 Å². The molecule has 2 aromatic rings. The molecule has 19 heavy (non-hydrogen) atoms. The molecule has 0 saturated heterocycles. The maximum absolute atomic E-state index is 13.1. The fourth-order valence-corrected chi connectivity index (χ4v) is 1.89. The van der Waals surface area contributed by atoms with Gasteiger partial charge in [0.25, 0.3) is 0 Å². The summed E-state index contributed by atoms with van der Waals surface area (Å²) < 4.78 is 13.1. The van der Waals surface area contributed by atoms with Crippen molar-refractivity contribution < 1.29 is 4.39 Å². The molecule has 0 fully saturated rings. The Morgan fingerprint density at radius 3 is 2.63 bits per heavy atom. The maximum atomic E-state index is 13.1. The van der Waals surface area contributed by atoms with E-state index in [1.807, 2.05) is 13.8 Å². The fraction of sp³-hybridized carbons (Fsp3) is 0.231. The van der Waals surface area contributed by atoms with Crippen LogP contribution in [0.15, 0.2) is 18.2 Å². The first-order valence-corrected chi connectivity index (χ1v) is 6.52. The summed E-state index contributed by atoms with van der Waals surface area (Å²) in [7, 11) is 0. The number of hydrogen-bond acceptors (Lipinski definition) is 3. The van der Waals surface area contributed by atoms with Gasteiger partial charge in [-0.2, -0.15) is 0 Å². The van der Waals surface area contributed by atoms with Gasteiger partial charge in [-0.3, -0.25) is 0 Å². The number of nitrogens with zero attached hydrogens (tertiary/aromatic N) is 2. The Hall–Kier alpha value is -1.39. The Bertz CT molecular complexity index is 617. The molecule has 0 amide bonds. The fourth-order valence-electron chi connectivity index (χ4n) is 1.52. The summed E-state index contributed by atoms with van der Waals surface area (Å²) in [6, 6.07) is 4.38. The SMILES string of the molecule is CCc1nc(Cl)c(C)c(Nc2ccc(F)c(Cl)c2)n1. The van der Waals surface area contributed by atoms with Crippen molar-refractivity contribution in [2.75, 3.05) is 5.32 Å². The molecule has 0 atom stereocenters. The highest BCUT2D eigenvalue weighted by Crippen LogP contribution is 2.26. The Kier molecular flexibility index (Phi) is 4.22. The number of anilines is 2. The van der Waals surface area contributed by atoms with Crippen molar-refractivity contribution in [1.29, 1.82) is 0 Å². The Balaban J connectivity index is 2.37. The van der Waals surface area contributed by atoms with E-state index in [-0.39, 0.29) is 5.02 Å². The van der Waals surface area contributed by atoms with Gasteiger partial charge in [0.2, 0.25) is 0 Å². The number of aryl methyl sites for hydroxylation is 1. The minimum atomic E-state index is -0.459. The topological polar surface area (TPSA) is 37.8 Å². The number of nitrogens with one attached hydrogen (secondary N) is 1. The summed E-state index contributed by atoms with van der Waals surface area (Å²) in [6.07, 6.45) is 0.679. The lowest BCUT2D eigenvalue weighted by atomic mass is 10.2. The molecule has 1 N–H and O–H groups in total. The van der Waals surface area contributed by atoms with Crippen LogP contribution in [0.25, 0.3) is 0 Å². The van der Waals surface area contributed by atoms with Crippen LogP contribution in [0.2, 0.25) is 10.2 Å². The van der Waals surface area contributed by atoms with Gasteiger partial charge in [-0.15, -0.1) is 0 Å². The van der Waals surface area contributed by atoms with Crippen LogP contribution in [0.3, 0.4) is 0 Å². The van der Waals surface area contributed by atoms with E-state index in [1.165, 1.54) is 12.1 Å². The van der Waals surface area contributed by atoms with Crippen molar-refractivity contribution in [3.05, 3.63) is 45.6 Å². The third-order valence-corrected chi connectivity index (χ3v) is 3.29. The van der Waals surface area contributed by atoms with Crippen LogP contribution in [-0.4, -0.2) is 9.97 Å². The van der Waals surface area contributed by atoms with Crippen molar-refractivity contribution in [2.45, 2.75) is 20.3 Å². The molecule has 0 spiro atoms. The molecule has 1 aromatic heterocycles. The van der Waals surface area contributed by atoms with E-state index < -0.39 is 5.82 Å². The van der Waals surface area contributed by atoms with Crippen molar-refractivity contribution in [2.24, 2.45) is 0 Å². The van der Waals surface area contributed by atoms with Gasteiger partial charge >= 0.3 is 0 Å². The predicted molar refractivity (Wildman–Crippen MR) is 75.8 cm³/mol. The van der Waals surface area contributed by atoms with Gasteiger partial charge in [0, 0.05) is 17.7 Å². The number of halogens is 3. The van der Waals surface area contributed by atoms with Gasteiger partial charge in [-0.05, 0) is 25.1 Å². The predicted octanol–water partition coefficient (Wildman–Crippen LogP) is 4.54. The lowest BCUT2D eigenvalue weighted by Crippen LogP contribution is -2.03. The largest absolute Gasteiger partial charge is 0.340 e. The van der Waals surface area contributed by atoms with Crippen LogP contribution in [0.5, 0.6) is 0 Å². The van der Waals surface area contributed by atoms with E-state index in [2.05, 4.69) is 15.3 Å². The number of rotatable bonds is 3. The highest BCUT2D eigenvalue weighted by atomic mass is 35.5. The molecule has 100 valence electrons. The normalized spacial score (nSPS) is 10.6. The molecule has 0 aliphatic carbocycles. The molecular weight excluding hydrogens is 288 g/mol. The minimum absolute atomic E-state index is 0.0542. The highest BCUT2D eigenvalue weighted by Gasteiger charge is 2.09. The van der Waals surface area contributed by atoms with Crippen molar-refractivity contribution >= 4 is 34.7 Å². The van der Waals surface area contributed by atoms with Crippen molar-refractivity contribution in [3.8, 4) is 0 Å². The quantitative estimate of drug-likeness (QED) is 0.846. The van der Waals surface area contributed by atoms with E-state index >= 15 is 0 Å². The number of hydrogen-bond donors (Lipinski definition) is 1. The van der Waals surface area contributed by atoms with E-state index in [9.17, 15) is 4.39 Å². The van der Waals surface area contributed by atoms with Crippen LogP contribution >= 0.6 is 23.2 Å². The first-order valence-electron chi connectivity index (χ1n) is 5.76. The average Bonchev–Trinajstić information content (AvgIpc) is 2.39. The second-order valence-corrected chi connectivity index (χ2v) is 4.78. The van der Waals surface area contributed by atoms with E-state index in [0.717, 1.165) is 5.56 Å². The summed E-state index contributed by atoms with van der Waals surface area (Å²) >= 11 is 11.8. The average molecular weight is 300 g/mol. The molecule has 0 radical (unpaired) electrons. The summed E-state index contributed by atoms with van der Waals surface area (Å²) in [4.78, 5) is 8.51. The van der Waals surface area contributed by atoms with Gasteiger partial charge in [0.15, 0.2) is 0 Å². The molecule has 0 unspecified atom stereocenters. The molecule has 0 bridgehead atoms. The van der Waals surface area contributed by atoms with E-state index in [1.54, 1.807) is 6.07 Å². The summed E-state index contributed by atoms with van der Waals surface area (Å²) in [5.74, 6) is 0.782. The summed E-state index contributed by atoms with van der Waals surface area (Å²) in [5, 5.41) is 3.53. The molecule has 1 heterocycles. The smallest absolute Gasteiger partial charge is 0.141 e. The molecule has 1 aromatic carbocycles. The zero-order valence-corrected chi connectivity index (χ0v) is 12.0. The Morgan fingerprint density at radius 2 is 2.00 bits per heavy atom. The van der Waals surface area contributed by atoms with Gasteiger partial charge in [0.05, 0.1) is 5.02 Å². The van der Waals surface area contributed by atoms with Crippen LogP contribution in [0, 0.1) is 12.7 Å². The van der Waals surface area contributed by atoms with Crippen LogP contribution in [0.1, 0.15) is 18.3 Å². The molecule has 6 heteroatoms. The van der Waals surface area contributed by atoms with E-state index in [4.69, 9.17) is 23.2 Å². The maximum Gasteiger partial charge on any atom is 0.141 e. The standard InChI is InChI=1S/C13H12Cl2FN3/c1-3-11-18-12(15)7(2)13(19-11)17-8-4-5-10(16)9(14)6-8/h4-6H,3H2,1-2H3,(H,17,18,19). The van der Waals surface area contributed by atoms with Gasteiger partial charge < -0.3 is 5.32 Å². The lowest BCUT2D eigenvalue weighted by Gasteiger charge is -2.11. The molecule has 0 aliphatic heterocycles. The number of aromatic nitrogens is 2.